The monoisotopic (exact) mass is 360 g/mol. The minimum Gasteiger partial charge on any atom is -0.348 e. The first-order valence-corrected chi connectivity index (χ1v) is 8.69. The topological polar surface area (TPSA) is 76.0 Å². The Morgan fingerprint density at radius 1 is 1.12 bits per heavy atom. The number of fused-ring (bicyclic) bond motifs is 1. The number of benzene rings is 1. The Hall–Kier alpha value is -2.77. The van der Waals surface area contributed by atoms with Crippen molar-refractivity contribution in [1.82, 2.24) is 14.9 Å². The van der Waals surface area contributed by atoms with Gasteiger partial charge in [-0.25, -0.2) is 13.8 Å². The van der Waals surface area contributed by atoms with E-state index in [0.29, 0.717) is 13.0 Å². The van der Waals surface area contributed by atoms with E-state index < -0.39 is 17.5 Å². The van der Waals surface area contributed by atoms with Gasteiger partial charge < -0.3 is 15.2 Å². The molecule has 2 aromatic rings. The highest BCUT2D eigenvalue weighted by atomic mass is 19.2. The van der Waals surface area contributed by atoms with Crippen molar-refractivity contribution >= 4 is 17.5 Å². The van der Waals surface area contributed by atoms with Gasteiger partial charge in [-0.15, -0.1) is 0 Å². The van der Waals surface area contributed by atoms with E-state index in [2.05, 4.69) is 15.6 Å². The molecule has 1 saturated carbocycles. The van der Waals surface area contributed by atoms with E-state index in [1.165, 1.54) is 6.07 Å². The number of halogens is 2. The van der Waals surface area contributed by atoms with E-state index in [1.54, 1.807) is 4.57 Å². The summed E-state index contributed by atoms with van der Waals surface area (Å²) in [6, 6.07) is 3.33. The molecule has 6 nitrogen and oxygen atoms in total. The molecule has 2 N–H and O–H groups in total. The van der Waals surface area contributed by atoms with Gasteiger partial charge in [0.2, 0.25) is 0 Å². The molecule has 1 aromatic carbocycles. The van der Waals surface area contributed by atoms with E-state index in [-0.39, 0.29) is 29.2 Å². The van der Waals surface area contributed by atoms with Gasteiger partial charge in [0.05, 0.1) is 5.69 Å². The number of hydrogen-bond donors (Lipinski definition) is 2. The van der Waals surface area contributed by atoms with Crippen LogP contribution in [0.3, 0.4) is 0 Å². The van der Waals surface area contributed by atoms with Crippen LogP contribution in [0.15, 0.2) is 18.2 Å². The summed E-state index contributed by atoms with van der Waals surface area (Å²) < 4.78 is 28.1. The van der Waals surface area contributed by atoms with Crippen molar-refractivity contribution in [3.05, 3.63) is 47.0 Å². The molecule has 1 aliphatic heterocycles. The number of carbonyl (C=O) groups excluding carboxylic acids is 2. The fraction of sp³-hybridized carbons (Fsp3) is 0.389. The summed E-state index contributed by atoms with van der Waals surface area (Å²) in [7, 11) is 0. The average Bonchev–Trinajstić information content (AvgIpc) is 3.34. The number of aromatic nitrogens is 2. The SMILES string of the molecule is O=C(NC1CC1)c1nc(C(=O)Nc2ccc(F)c(F)c2)n2c1CCCC2. The number of carbonyl (C=O) groups is 2. The van der Waals surface area contributed by atoms with Crippen molar-refractivity contribution in [2.75, 3.05) is 5.32 Å². The molecule has 0 unspecified atom stereocenters. The van der Waals surface area contributed by atoms with Gasteiger partial charge in [-0.05, 0) is 44.2 Å². The predicted octanol–water partition coefficient (Wildman–Crippen LogP) is 2.64. The van der Waals surface area contributed by atoms with Crippen molar-refractivity contribution < 1.29 is 18.4 Å². The Morgan fingerprint density at radius 2 is 1.92 bits per heavy atom. The fourth-order valence-electron chi connectivity index (χ4n) is 3.14. The van der Waals surface area contributed by atoms with Crippen LogP contribution in [0.25, 0.3) is 0 Å². The smallest absolute Gasteiger partial charge is 0.291 e. The van der Waals surface area contributed by atoms with Crippen molar-refractivity contribution in [3.8, 4) is 0 Å². The number of anilines is 1. The van der Waals surface area contributed by atoms with Crippen LogP contribution in [0.5, 0.6) is 0 Å². The van der Waals surface area contributed by atoms with Gasteiger partial charge in [0.1, 0.15) is 5.69 Å². The van der Waals surface area contributed by atoms with Crippen LogP contribution in [0.4, 0.5) is 14.5 Å². The van der Waals surface area contributed by atoms with Crippen molar-refractivity contribution in [2.45, 2.75) is 44.7 Å². The van der Waals surface area contributed by atoms with Gasteiger partial charge in [-0.3, -0.25) is 9.59 Å². The molecule has 1 fully saturated rings. The van der Waals surface area contributed by atoms with Crippen LogP contribution in [0, 0.1) is 11.6 Å². The van der Waals surface area contributed by atoms with Gasteiger partial charge in [0, 0.05) is 24.3 Å². The highest BCUT2D eigenvalue weighted by molar-refractivity contribution is 6.03. The highest BCUT2D eigenvalue weighted by Gasteiger charge is 2.30. The second kappa shape index (κ2) is 6.51. The maximum absolute atomic E-state index is 13.3. The molecular weight excluding hydrogens is 342 g/mol. The molecule has 8 heteroatoms. The zero-order valence-electron chi connectivity index (χ0n) is 14.0. The van der Waals surface area contributed by atoms with Crippen LogP contribution in [-0.4, -0.2) is 27.4 Å². The summed E-state index contributed by atoms with van der Waals surface area (Å²) in [5.74, 6) is -2.72. The molecule has 0 atom stereocenters. The molecule has 136 valence electrons. The van der Waals surface area contributed by atoms with Crippen LogP contribution in [0.1, 0.15) is 52.5 Å². The molecule has 0 radical (unpaired) electrons. The zero-order chi connectivity index (χ0) is 18.3. The lowest BCUT2D eigenvalue weighted by atomic mass is 10.1. The number of imidazole rings is 1. The molecule has 0 saturated heterocycles. The van der Waals surface area contributed by atoms with Crippen LogP contribution in [0.2, 0.25) is 0 Å². The van der Waals surface area contributed by atoms with Gasteiger partial charge in [-0.2, -0.15) is 0 Å². The minimum absolute atomic E-state index is 0.116. The molecule has 26 heavy (non-hydrogen) atoms. The number of amides is 2. The van der Waals surface area contributed by atoms with Crippen molar-refractivity contribution in [2.24, 2.45) is 0 Å². The lowest BCUT2D eigenvalue weighted by molar-refractivity contribution is 0.0945. The van der Waals surface area contributed by atoms with Gasteiger partial charge in [0.25, 0.3) is 11.8 Å². The number of nitrogens with zero attached hydrogens (tertiary/aromatic N) is 2. The van der Waals surface area contributed by atoms with Gasteiger partial charge >= 0.3 is 0 Å². The highest BCUT2D eigenvalue weighted by Crippen LogP contribution is 2.24. The third-order valence-electron chi connectivity index (χ3n) is 4.63. The first-order chi connectivity index (χ1) is 12.5. The van der Waals surface area contributed by atoms with Gasteiger partial charge in [0.15, 0.2) is 17.5 Å². The van der Waals surface area contributed by atoms with E-state index in [4.69, 9.17) is 0 Å². The maximum atomic E-state index is 13.3. The summed E-state index contributed by atoms with van der Waals surface area (Å²) in [6.45, 7) is 0.597. The predicted molar refractivity (Wildman–Crippen MR) is 90.0 cm³/mol. The first kappa shape index (κ1) is 16.7. The summed E-state index contributed by atoms with van der Waals surface area (Å²) >= 11 is 0. The minimum atomic E-state index is -1.04. The molecular formula is C18H18F2N4O2. The standard InChI is InChI=1S/C18H18F2N4O2/c19-12-7-6-11(9-13(12)20)22-18(26)16-23-15(17(25)21-10-4-5-10)14-3-1-2-8-24(14)16/h6-7,9-10H,1-5,8H2,(H,21,25)(H,22,26). The number of nitrogens with one attached hydrogen (secondary N) is 2. The lowest BCUT2D eigenvalue weighted by Gasteiger charge is -2.17. The van der Waals surface area contributed by atoms with Crippen LogP contribution >= 0.6 is 0 Å². The second-order valence-corrected chi connectivity index (χ2v) is 6.67. The third-order valence-corrected chi connectivity index (χ3v) is 4.63. The van der Waals surface area contributed by atoms with Crippen LogP contribution in [-0.2, 0) is 13.0 Å². The second-order valence-electron chi connectivity index (χ2n) is 6.67. The summed E-state index contributed by atoms with van der Waals surface area (Å²) in [4.78, 5) is 29.3. The van der Waals surface area contributed by atoms with Crippen molar-refractivity contribution in [1.29, 1.82) is 0 Å². The Bertz CT molecular complexity index is 890. The zero-order valence-corrected chi connectivity index (χ0v) is 14.0. The lowest BCUT2D eigenvalue weighted by Crippen LogP contribution is -2.27. The van der Waals surface area contributed by atoms with E-state index >= 15 is 0 Å². The molecule has 2 heterocycles. The molecule has 0 spiro atoms. The Morgan fingerprint density at radius 3 is 2.65 bits per heavy atom. The number of rotatable bonds is 4. The fourth-order valence-corrected chi connectivity index (χ4v) is 3.14. The molecule has 2 aliphatic rings. The third kappa shape index (κ3) is 3.18. The quantitative estimate of drug-likeness (QED) is 0.880. The Kier molecular flexibility index (Phi) is 4.18. The first-order valence-electron chi connectivity index (χ1n) is 8.69. The van der Waals surface area contributed by atoms with E-state index in [1.807, 2.05) is 0 Å². The summed E-state index contributed by atoms with van der Waals surface area (Å²) in [6.07, 6.45) is 4.42. The molecule has 0 bridgehead atoms. The number of hydrogen-bond acceptors (Lipinski definition) is 3. The summed E-state index contributed by atoms with van der Waals surface area (Å²) in [5, 5.41) is 5.42. The summed E-state index contributed by atoms with van der Waals surface area (Å²) in [5.41, 5.74) is 1.17. The average molecular weight is 360 g/mol. The molecule has 1 aliphatic carbocycles. The Balaban J connectivity index is 1.62. The van der Waals surface area contributed by atoms with Crippen LogP contribution < -0.4 is 10.6 Å². The maximum Gasteiger partial charge on any atom is 0.291 e. The van der Waals surface area contributed by atoms with Crippen molar-refractivity contribution in [3.63, 3.8) is 0 Å². The van der Waals surface area contributed by atoms with E-state index in [9.17, 15) is 18.4 Å². The van der Waals surface area contributed by atoms with E-state index in [0.717, 1.165) is 43.5 Å². The van der Waals surface area contributed by atoms with Gasteiger partial charge in [-0.1, -0.05) is 0 Å². The molecule has 4 rings (SSSR count). The Labute approximate surface area is 148 Å². The molecule has 2 amide bonds. The normalized spacial score (nSPS) is 16.1. The molecule has 1 aromatic heterocycles. The largest absolute Gasteiger partial charge is 0.348 e.